The molecule has 1 heterocycles. The van der Waals surface area contributed by atoms with Crippen LogP contribution >= 0.6 is 0 Å². The molecular weight excluding hydrogens is 262 g/mol. The van der Waals surface area contributed by atoms with E-state index in [1.54, 1.807) is 4.90 Å². The molecule has 1 aliphatic rings. The summed E-state index contributed by atoms with van der Waals surface area (Å²) in [7, 11) is -2.95. The second-order valence-corrected chi connectivity index (χ2v) is 7.23. The quantitative estimate of drug-likeness (QED) is 0.835. The number of rotatable bonds is 4. The lowest BCUT2D eigenvalue weighted by molar-refractivity contribution is -0.130. The Morgan fingerprint density at radius 3 is 2.53 bits per heavy atom. The average Bonchev–Trinajstić information content (AvgIpc) is 2.71. The maximum atomic E-state index is 11.7. The first-order chi connectivity index (χ1) is 8.98. The third kappa shape index (κ3) is 3.80. The number of nitrogens with zero attached hydrogens (tertiary/aromatic N) is 1. The number of hydrogen-bond acceptors (Lipinski definition) is 3. The number of carbonyl (C=O) groups excluding carboxylic acids is 1. The molecule has 104 valence electrons. The normalized spacial score (nSPS) is 21.2. The van der Waals surface area contributed by atoms with Gasteiger partial charge in [-0.3, -0.25) is 4.79 Å². The summed E-state index contributed by atoms with van der Waals surface area (Å²) < 4.78 is 23.0. The standard InChI is InChI=1S/C14H19NO3S/c1-12(16)15(14-8-10-19(17,18)11-14)9-7-13-5-3-2-4-6-13/h2-6,14H,7-11H2,1H3/t14-/m0/s1. The van der Waals surface area contributed by atoms with Crippen LogP contribution in [-0.2, 0) is 21.1 Å². The summed E-state index contributed by atoms with van der Waals surface area (Å²) in [5.74, 6) is 0.270. The first-order valence-electron chi connectivity index (χ1n) is 6.49. The van der Waals surface area contributed by atoms with E-state index in [2.05, 4.69) is 0 Å². The van der Waals surface area contributed by atoms with Crippen LogP contribution in [0.5, 0.6) is 0 Å². The minimum Gasteiger partial charge on any atom is -0.339 e. The minimum atomic E-state index is -2.95. The van der Waals surface area contributed by atoms with Crippen molar-refractivity contribution in [2.75, 3.05) is 18.1 Å². The molecule has 1 atom stereocenters. The van der Waals surface area contributed by atoms with Crippen LogP contribution in [0.25, 0.3) is 0 Å². The zero-order chi connectivity index (χ0) is 13.9. The van der Waals surface area contributed by atoms with E-state index in [1.165, 1.54) is 6.92 Å². The highest BCUT2D eigenvalue weighted by atomic mass is 32.2. The van der Waals surface area contributed by atoms with Crippen molar-refractivity contribution in [1.82, 2.24) is 4.90 Å². The predicted molar refractivity (Wildman–Crippen MR) is 74.6 cm³/mol. The third-order valence-corrected chi connectivity index (χ3v) is 5.29. The summed E-state index contributed by atoms with van der Waals surface area (Å²) in [4.78, 5) is 13.4. The Balaban J connectivity index is 2.00. The van der Waals surface area contributed by atoms with Crippen molar-refractivity contribution in [1.29, 1.82) is 0 Å². The van der Waals surface area contributed by atoms with Crippen molar-refractivity contribution in [3.63, 3.8) is 0 Å². The first kappa shape index (κ1) is 14.1. The highest BCUT2D eigenvalue weighted by Gasteiger charge is 2.33. The molecule has 0 unspecified atom stereocenters. The average molecular weight is 281 g/mol. The maximum absolute atomic E-state index is 11.7. The second-order valence-electron chi connectivity index (χ2n) is 5.00. The molecule has 0 aliphatic carbocycles. The van der Waals surface area contributed by atoms with Gasteiger partial charge in [-0.25, -0.2) is 8.42 Å². The molecule has 0 N–H and O–H groups in total. The molecular formula is C14H19NO3S. The van der Waals surface area contributed by atoms with Gasteiger partial charge in [-0.2, -0.15) is 0 Å². The van der Waals surface area contributed by atoms with Crippen LogP contribution < -0.4 is 0 Å². The fraction of sp³-hybridized carbons (Fsp3) is 0.500. The lowest BCUT2D eigenvalue weighted by atomic mass is 10.1. The Morgan fingerprint density at radius 2 is 2.00 bits per heavy atom. The monoisotopic (exact) mass is 281 g/mol. The third-order valence-electron chi connectivity index (χ3n) is 3.54. The Labute approximate surface area is 114 Å². The number of carbonyl (C=O) groups is 1. The molecule has 0 bridgehead atoms. The second kappa shape index (κ2) is 5.74. The largest absolute Gasteiger partial charge is 0.339 e. The van der Waals surface area contributed by atoms with Gasteiger partial charge < -0.3 is 4.90 Å². The van der Waals surface area contributed by atoms with Gasteiger partial charge in [0, 0.05) is 19.5 Å². The van der Waals surface area contributed by atoms with Crippen molar-refractivity contribution in [3.8, 4) is 0 Å². The van der Waals surface area contributed by atoms with E-state index in [4.69, 9.17) is 0 Å². The summed E-state index contributed by atoms with van der Waals surface area (Å²) in [5.41, 5.74) is 1.16. The fourth-order valence-corrected chi connectivity index (χ4v) is 4.24. The molecule has 0 aromatic heterocycles. The predicted octanol–water partition coefficient (Wildman–Crippen LogP) is 1.26. The molecule has 0 saturated carbocycles. The molecule has 1 aromatic carbocycles. The van der Waals surface area contributed by atoms with Crippen LogP contribution in [-0.4, -0.2) is 43.3 Å². The van der Waals surface area contributed by atoms with Gasteiger partial charge in [-0.05, 0) is 18.4 Å². The number of sulfone groups is 1. The Bertz CT molecular complexity index is 539. The van der Waals surface area contributed by atoms with E-state index in [-0.39, 0.29) is 23.5 Å². The molecule has 2 rings (SSSR count). The summed E-state index contributed by atoms with van der Waals surface area (Å²) in [6.45, 7) is 2.09. The maximum Gasteiger partial charge on any atom is 0.219 e. The van der Waals surface area contributed by atoms with Crippen molar-refractivity contribution in [3.05, 3.63) is 35.9 Å². The van der Waals surface area contributed by atoms with Crippen LogP contribution in [0.4, 0.5) is 0 Å². The molecule has 5 heteroatoms. The van der Waals surface area contributed by atoms with E-state index < -0.39 is 9.84 Å². The van der Waals surface area contributed by atoms with E-state index in [1.807, 2.05) is 30.3 Å². The zero-order valence-corrected chi connectivity index (χ0v) is 11.9. The van der Waals surface area contributed by atoms with Crippen molar-refractivity contribution >= 4 is 15.7 Å². The fourth-order valence-electron chi connectivity index (χ4n) is 2.51. The SMILES string of the molecule is CC(=O)N(CCc1ccccc1)[C@H]1CCS(=O)(=O)C1. The van der Waals surface area contributed by atoms with Crippen molar-refractivity contribution in [2.24, 2.45) is 0 Å². The van der Waals surface area contributed by atoms with Gasteiger partial charge in [0.25, 0.3) is 0 Å². The van der Waals surface area contributed by atoms with Gasteiger partial charge in [0.15, 0.2) is 9.84 Å². The Kier molecular flexibility index (Phi) is 4.24. The molecule has 1 amide bonds. The molecule has 1 aromatic rings. The molecule has 0 spiro atoms. The lowest BCUT2D eigenvalue weighted by Crippen LogP contribution is -2.41. The van der Waals surface area contributed by atoms with E-state index in [0.717, 1.165) is 12.0 Å². The molecule has 0 radical (unpaired) electrons. The van der Waals surface area contributed by atoms with Crippen LogP contribution in [0, 0.1) is 0 Å². The highest BCUT2D eigenvalue weighted by Crippen LogP contribution is 2.18. The number of benzene rings is 1. The number of hydrogen-bond donors (Lipinski definition) is 0. The summed E-state index contributed by atoms with van der Waals surface area (Å²) in [5, 5.41) is 0. The van der Waals surface area contributed by atoms with Gasteiger partial charge in [-0.15, -0.1) is 0 Å². The molecule has 4 nitrogen and oxygen atoms in total. The van der Waals surface area contributed by atoms with Gasteiger partial charge in [0.05, 0.1) is 11.5 Å². The topological polar surface area (TPSA) is 54.5 Å². The van der Waals surface area contributed by atoms with Crippen LogP contribution in [0.1, 0.15) is 18.9 Å². The Morgan fingerprint density at radius 1 is 1.32 bits per heavy atom. The van der Waals surface area contributed by atoms with Crippen molar-refractivity contribution in [2.45, 2.75) is 25.8 Å². The van der Waals surface area contributed by atoms with Gasteiger partial charge in [0.1, 0.15) is 0 Å². The minimum absolute atomic E-state index is 0.0435. The summed E-state index contributed by atoms with van der Waals surface area (Å²) >= 11 is 0. The summed E-state index contributed by atoms with van der Waals surface area (Å²) in [6, 6.07) is 9.77. The lowest BCUT2D eigenvalue weighted by Gasteiger charge is -2.27. The first-order valence-corrected chi connectivity index (χ1v) is 8.31. The van der Waals surface area contributed by atoms with Gasteiger partial charge in [-0.1, -0.05) is 30.3 Å². The van der Waals surface area contributed by atoms with Crippen LogP contribution in [0.15, 0.2) is 30.3 Å². The van der Waals surface area contributed by atoms with E-state index in [9.17, 15) is 13.2 Å². The van der Waals surface area contributed by atoms with Crippen molar-refractivity contribution < 1.29 is 13.2 Å². The van der Waals surface area contributed by atoms with E-state index in [0.29, 0.717) is 13.0 Å². The summed E-state index contributed by atoms with van der Waals surface area (Å²) in [6.07, 6.45) is 1.33. The van der Waals surface area contributed by atoms with E-state index >= 15 is 0 Å². The smallest absolute Gasteiger partial charge is 0.219 e. The van der Waals surface area contributed by atoms with Gasteiger partial charge in [0.2, 0.25) is 5.91 Å². The molecule has 1 aliphatic heterocycles. The van der Waals surface area contributed by atoms with Gasteiger partial charge >= 0.3 is 0 Å². The molecule has 1 fully saturated rings. The molecule has 1 saturated heterocycles. The highest BCUT2D eigenvalue weighted by molar-refractivity contribution is 7.91. The van der Waals surface area contributed by atoms with Crippen LogP contribution in [0.3, 0.4) is 0 Å². The Hall–Kier alpha value is -1.36. The number of amides is 1. The molecule has 19 heavy (non-hydrogen) atoms. The van der Waals surface area contributed by atoms with Crippen LogP contribution in [0.2, 0.25) is 0 Å². The zero-order valence-electron chi connectivity index (χ0n) is 11.1.